The van der Waals surface area contributed by atoms with Crippen LogP contribution in [0.4, 0.5) is 0 Å². The third kappa shape index (κ3) is 6.78. The average molecular weight is 291 g/mol. The van der Waals surface area contributed by atoms with Gasteiger partial charge in [-0.1, -0.05) is 54.4 Å². The molecule has 2 unspecified atom stereocenters. The first-order valence-electron chi connectivity index (χ1n) is 7.98. The lowest BCUT2D eigenvalue weighted by Gasteiger charge is -2.26. The molecule has 0 saturated carbocycles. The maximum atomic E-state index is 12.9. The van der Waals surface area contributed by atoms with Crippen molar-refractivity contribution in [1.29, 1.82) is 0 Å². The molecule has 0 spiro atoms. The van der Waals surface area contributed by atoms with Crippen molar-refractivity contribution in [2.24, 2.45) is 11.8 Å². The van der Waals surface area contributed by atoms with Gasteiger partial charge < -0.3 is 0 Å². The topological polar surface area (TPSA) is 34.1 Å². The van der Waals surface area contributed by atoms with E-state index in [1.165, 1.54) is 0 Å². The van der Waals surface area contributed by atoms with Crippen LogP contribution in [0, 0.1) is 11.8 Å². The van der Waals surface area contributed by atoms with E-state index in [9.17, 15) is 8.42 Å². The van der Waals surface area contributed by atoms with Crippen molar-refractivity contribution >= 4 is 9.84 Å². The van der Waals surface area contributed by atoms with Crippen LogP contribution in [-0.2, 0) is 9.84 Å². The normalized spacial score (nSPS) is 16.0. The summed E-state index contributed by atoms with van der Waals surface area (Å²) in [6.07, 6.45) is 5.18. The molecule has 2 atom stereocenters. The van der Waals surface area contributed by atoms with E-state index in [0.717, 1.165) is 38.5 Å². The molecule has 0 aromatic heterocycles. The number of rotatable bonds is 10. The molecule has 0 aliphatic carbocycles. The van der Waals surface area contributed by atoms with Gasteiger partial charge in [0.15, 0.2) is 9.84 Å². The molecule has 116 valence electrons. The first-order chi connectivity index (χ1) is 8.75. The fraction of sp³-hybridized carbons (Fsp3) is 1.00. The molecule has 0 amide bonds. The smallest absolute Gasteiger partial charge is 0.156 e. The van der Waals surface area contributed by atoms with Crippen molar-refractivity contribution in [3.8, 4) is 0 Å². The van der Waals surface area contributed by atoms with E-state index in [1.807, 2.05) is 0 Å². The molecule has 0 bridgehead atoms. The Hall–Kier alpha value is -0.0500. The van der Waals surface area contributed by atoms with E-state index >= 15 is 0 Å². The summed E-state index contributed by atoms with van der Waals surface area (Å²) in [6.45, 7) is 12.6. The predicted molar refractivity (Wildman–Crippen MR) is 85.2 cm³/mol. The van der Waals surface area contributed by atoms with Gasteiger partial charge in [-0.15, -0.1) is 0 Å². The van der Waals surface area contributed by atoms with Gasteiger partial charge in [0.25, 0.3) is 0 Å². The number of hydrogen-bond donors (Lipinski definition) is 0. The molecule has 0 aromatic rings. The van der Waals surface area contributed by atoms with Crippen LogP contribution in [0.3, 0.4) is 0 Å². The van der Waals surface area contributed by atoms with Gasteiger partial charge in [-0.25, -0.2) is 8.42 Å². The molecule has 0 rings (SSSR count). The Labute approximate surface area is 121 Å². The van der Waals surface area contributed by atoms with Crippen LogP contribution in [-0.4, -0.2) is 18.9 Å². The van der Waals surface area contributed by atoms with Crippen molar-refractivity contribution in [2.45, 2.75) is 90.6 Å². The fourth-order valence-electron chi connectivity index (χ4n) is 2.80. The van der Waals surface area contributed by atoms with Crippen LogP contribution in [0.15, 0.2) is 0 Å². The summed E-state index contributed by atoms with van der Waals surface area (Å²) in [5.41, 5.74) is 0. The van der Waals surface area contributed by atoms with Crippen LogP contribution >= 0.6 is 0 Å². The fourth-order valence-corrected chi connectivity index (χ4v) is 5.78. The molecule has 0 aromatic carbocycles. The highest BCUT2D eigenvalue weighted by Gasteiger charge is 2.33. The van der Waals surface area contributed by atoms with Gasteiger partial charge in [0.1, 0.15) is 0 Å². The Bertz CT molecular complexity index is 292. The number of hydrogen-bond acceptors (Lipinski definition) is 2. The quantitative estimate of drug-likeness (QED) is 0.577. The lowest BCUT2D eigenvalue weighted by molar-refractivity contribution is 0.471. The molecule has 2 nitrogen and oxygen atoms in total. The van der Waals surface area contributed by atoms with Crippen molar-refractivity contribution in [3.05, 3.63) is 0 Å². The second-order valence-corrected chi connectivity index (χ2v) is 9.18. The second-order valence-electron chi connectivity index (χ2n) is 6.67. The van der Waals surface area contributed by atoms with E-state index in [2.05, 4.69) is 41.5 Å². The molecule has 3 heteroatoms. The molecule has 0 saturated heterocycles. The number of sulfone groups is 1. The van der Waals surface area contributed by atoms with Crippen LogP contribution in [0.1, 0.15) is 80.1 Å². The van der Waals surface area contributed by atoms with E-state index in [0.29, 0.717) is 11.8 Å². The van der Waals surface area contributed by atoms with Crippen LogP contribution in [0.5, 0.6) is 0 Å². The molecular formula is C16H34O2S. The third-order valence-electron chi connectivity index (χ3n) is 3.62. The molecule has 0 heterocycles. The van der Waals surface area contributed by atoms with Crippen molar-refractivity contribution < 1.29 is 8.42 Å². The minimum atomic E-state index is -2.98. The minimum absolute atomic E-state index is 0.132. The summed E-state index contributed by atoms with van der Waals surface area (Å²) in [5, 5.41) is -0.263. The minimum Gasteiger partial charge on any atom is -0.228 e. The summed E-state index contributed by atoms with van der Waals surface area (Å²) in [7, 11) is -2.98. The van der Waals surface area contributed by atoms with E-state index in [4.69, 9.17) is 0 Å². The maximum absolute atomic E-state index is 12.9. The Balaban J connectivity index is 5.09. The van der Waals surface area contributed by atoms with E-state index in [-0.39, 0.29) is 10.5 Å². The van der Waals surface area contributed by atoms with Crippen LogP contribution in [0.2, 0.25) is 0 Å². The lowest BCUT2D eigenvalue weighted by atomic mass is 10.0. The summed E-state index contributed by atoms with van der Waals surface area (Å²) in [6, 6.07) is 0. The predicted octanol–water partition coefficient (Wildman–Crippen LogP) is 4.83. The zero-order chi connectivity index (χ0) is 15.1. The van der Waals surface area contributed by atoms with Gasteiger partial charge in [0, 0.05) is 0 Å². The van der Waals surface area contributed by atoms with Crippen molar-refractivity contribution in [2.75, 3.05) is 0 Å². The molecule has 0 aliphatic rings. The van der Waals surface area contributed by atoms with Gasteiger partial charge in [0.05, 0.1) is 10.5 Å². The average Bonchev–Trinajstić information content (AvgIpc) is 2.26. The largest absolute Gasteiger partial charge is 0.228 e. The monoisotopic (exact) mass is 290 g/mol. The Kier molecular flexibility index (Phi) is 8.97. The standard InChI is InChI=1S/C16H34O2S/c1-7-9-15(11-13(3)4)19(17,18)16(10-8-2)12-14(5)6/h13-16H,7-12H2,1-6H3. The third-order valence-corrected chi connectivity index (χ3v) is 6.33. The van der Waals surface area contributed by atoms with Crippen molar-refractivity contribution in [3.63, 3.8) is 0 Å². The highest BCUT2D eigenvalue weighted by molar-refractivity contribution is 7.92. The Morgan fingerprint density at radius 3 is 1.26 bits per heavy atom. The van der Waals surface area contributed by atoms with Gasteiger partial charge in [-0.3, -0.25) is 0 Å². The van der Waals surface area contributed by atoms with Gasteiger partial charge >= 0.3 is 0 Å². The van der Waals surface area contributed by atoms with Gasteiger partial charge in [-0.2, -0.15) is 0 Å². The Morgan fingerprint density at radius 2 is 1.05 bits per heavy atom. The Morgan fingerprint density at radius 1 is 0.737 bits per heavy atom. The van der Waals surface area contributed by atoms with Crippen LogP contribution in [0.25, 0.3) is 0 Å². The zero-order valence-corrected chi connectivity index (χ0v) is 14.6. The highest BCUT2D eigenvalue weighted by atomic mass is 32.2. The summed E-state index contributed by atoms with van der Waals surface area (Å²) in [5.74, 6) is 0.903. The van der Waals surface area contributed by atoms with Crippen LogP contribution < -0.4 is 0 Å². The summed E-state index contributed by atoms with van der Waals surface area (Å²) < 4.78 is 25.8. The molecule has 0 N–H and O–H groups in total. The highest BCUT2D eigenvalue weighted by Crippen LogP contribution is 2.27. The SMILES string of the molecule is CCCC(CC(C)C)S(=O)(=O)C(CCC)CC(C)C. The molecule has 0 radical (unpaired) electrons. The van der Waals surface area contributed by atoms with Crippen molar-refractivity contribution in [1.82, 2.24) is 0 Å². The molecule has 0 aliphatic heterocycles. The van der Waals surface area contributed by atoms with E-state index < -0.39 is 9.84 Å². The molecule has 0 fully saturated rings. The van der Waals surface area contributed by atoms with Gasteiger partial charge in [0.2, 0.25) is 0 Å². The zero-order valence-electron chi connectivity index (χ0n) is 13.8. The first kappa shape index (κ1) is 18.9. The molecular weight excluding hydrogens is 256 g/mol. The molecule has 19 heavy (non-hydrogen) atoms. The van der Waals surface area contributed by atoms with E-state index in [1.54, 1.807) is 0 Å². The summed E-state index contributed by atoms with van der Waals surface area (Å²) >= 11 is 0. The second kappa shape index (κ2) is 8.99. The summed E-state index contributed by atoms with van der Waals surface area (Å²) in [4.78, 5) is 0. The van der Waals surface area contributed by atoms with Gasteiger partial charge in [-0.05, 0) is 37.5 Å². The maximum Gasteiger partial charge on any atom is 0.156 e. The first-order valence-corrected chi connectivity index (χ1v) is 9.59. The lowest BCUT2D eigenvalue weighted by Crippen LogP contribution is -2.34.